The van der Waals surface area contributed by atoms with Crippen molar-refractivity contribution >= 4 is 28.9 Å². The molecule has 1 saturated heterocycles. The number of carbonyl (C=O) groups is 3. The Kier molecular flexibility index (Phi) is 6.91. The fourth-order valence-electron chi connectivity index (χ4n) is 3.71. The SMILES string of the molecule is CCOC(=O)C1CCN(C(=O)COC(=O)CCn2c(=O)n(C)c3ccccc32)CC1. The molecule has 1 aliphatic heterocycles. The third kappa shape index (κ3) is 4.72. The zero-order valence-electron chi connectivity index (χ0n) is 17.3. The van der Waals surface area contributed by atoms with Crippen molar-refractivity contribution in [3.63, 3.8) is 0 Å². The summed E-state index contributed by atoms with van der Waals surface area (Å²) in [6, 6.07) is 7.35. The Hall–Kier alpha value is -3.10. The van der Waals surface area contributed by atoms with E-state index >= 15 is 0 Å². The molecule has 9 heteroatoms. The molecule has 9 nitrogen and oxygen atoms in total. The highest BCUT2D eigenvalue weighted by Gasteiger charge is 2.28. The first kappa shape index (κ1) is 21.6. The van der Waals surface area contributed by atoms with E-state index in [-0.39, 0.29) is 43.1 Å². The number of nitrogens with zero attached hydrogens (tertiary/aromatic N) is 3. The minimum atomic E-state index is -0.537. The van der Waals surface area contributed by atoms with Crippen LogP contribution in [0.3, 0.4) is 0 Å². The van der Waals surface area contributed by atoms with E-state index in [4.69, 9.17) is 9.47 Å². The predicted molar refractivity (Wildman–Crippen MR) is 109 cm³/mol. The maximum Gasteiger partial charge on any atom is 0.328 e. The van der Waals surface area contributed by atoms with Crippen molar-refractivity contribution in [3.05, 3.63) is 34.7 Å². The van der Waals surface area contributed by atoms with E-state index < -0.39 is 5.97 Å². The van der Waals surface area contributed by atoms with Crippen LogP contribution in [0.25, 0.3) is 11.0 Å². The second-order valence-corrected chi connectivity index (χ2v) is 7.30. The van der Waals surface area contributed by atoms with Crippen LogP contribution < -0.4 is 5.69 Å². The topological polar surface area (TPSA) is 99.8 Å². The first-order chi connectivity index (χ1) is 14.4. The molecule has 1 fully saturated rings. The van der Waals surface area contributed by atoms with Crippen LogP contribution in [0.5, 0.6) is 0 Å². The Labute approximate surface area is 174 Å². The summed E-state index contributed by atoms with van der Waals surface area (Å²) in [6.07, 6.45) is 1.08. The summed E-state index contributed by atoms with van der Waals surface area (Å²) in [6.45, 7) is 2.82. The highest BCUT2D eigenvalue weighted by atomic mass is 16.5. The van der Waals surface area contributed by atoms with Crippen LogP contribution in [0.1, 0.15) is 26.2 Å². The van der Waals surface area contributed by atoms with Crippen LogP contribution in [0.4, 0.5) is 0 Å². The molecule has 162 valence electrons. The molecule has 3 rings (SSSR count). The van der Waals surface area contributed by atoms with Crippen molar-refractivity contribution in [2.24, 2.45) is 13.0 Å². The molecule has 2 aromatic rings. The van der Waals surface area contributed by atoms with Gasteiger partial charge < -0.3 is 14.4 Å². The highest BCUT2D eigenvalue weighted by Crippen LogP contribution is 2.19. The minimum Gasteiger partial charge on any atom is -0.466 e. The summed E-state index contributed by atoms with van der Waals surface area (Å²) in [7, 11) is 1.68. The quantitative estimate of drug-likeness (QED) is 0.625. The summed E-state index contributed by atoms with van der Waals surface area (Å²) in [5, 5.41) is 0. The van der Waals surface area contributed by atoms with E-state index in [0.29, 0.717) is 32.5 Å². The summed E-state index contributed by atoms with van der Waals surface area (Å²) in [5.74, 6) is -1.23. The van der Waals surface area contributed by atoms with Gasteiger partial charge in [-0.1, -0.05) is 12.1 Å². The molecule has 0 bridgehead atoms. The van der Waals surface area contributed by atoms with Crippen molar-refractivity contribution in [1.82, 2.24) is 14.0 Å². The van der Waals surface area contributed by atoms with Crippen molar-refractivity contribution in [3.8, 4) is 0 Å². The second kappa shape index (κ2) is 9.60. The molecular formula is C21H27N3O6. The number of aryl methyl sites for hydroxylation is 2. The molecule has 2 heterocycles. The number of likely N-dealkylation sites (tertiary alicyclic amines) is 1. The zero-order chi connectivity index (χ0) is 21.7. The van der Waals surface area contributed by atoms with Gasteiger partial charge in [-0.25, -0.2) is 4.79 Å². The highest BCUT2D eigenvalue weighted by molar-refractivity contribution is 5.81. The summed E-state index contributed by atoms with van der Waals surface area (Å²) >= 11 is 0. The first-order valence-corrected chi connectivity index (χ1v) is 10.2. The van der Waals surface area contributed by atoms with Crippen LogP contribution in [-0.4, -0.2) is 58.2 Å². The maximum absolute atomic E-state index is 12.4. The van der Waals surface area contributed by atoms with Gasteiger partial charge in [0.25, 0.3) is 5.91 Å². The van der Waals surface area contributed by atoms with Gasteiger partial charge in [0.05, 0.1) is 30.0 Å². The Morgan fingerprint density at radius 3 is 2.40 bits per heavy atom. The normalized spacial score (nSPS) is 14.7. The lowest BCUT2D eigenvalue weighted by Gasteiger charge is -2.30. The number of benzene rings is 1. The second-order valence-electron chi connectivity index (χ2n) is 7.30. The first-order valence-electron chi connectivity index (χ1n) is 10.2. The van der Waals surface area contributed by atoms with E-state index in [9.17, 15) is 19.2 Å². The molecule has 0 N–H and O–H groups in total. The number of piperidine rings is 1. The molecule has 1 aliphatic rings. The molecule has 0 spiro atoms. The van der Waals surface area contributed by atoms with Crippen molar-refractivity contribution in [2.75, 3.05) is 26.3 Å². The van der Waals surface area contributed by atoms with Gasteiger partial charge in [0.2, 0.25) is 0 Å². The number of ether oxygens (including phenoxy) is 2. The Bertz CT molecular complexity index is 984. The number of aromatic nitrogens is 2. The van der Waals surface area contributed by atoms with E-state index in [2.05, 4.69) is 0 Å². The predicted octanol–water partition coefficient (Wildman–Crippen LogP) is 1.07. The molecule has 0 unspecified atom stereocenters. The van der Waals surface area contributed by atoms with E-state index in [1.165, 1.54) is 9.13 Å². The number of esters is 2. The summed E-state index contributed by atoms with van der Waals surface area (Å²) in [5.41, 5.74) is 1.33. The average Bonchev–Trinajstić information content (AvgIpc) is 3.01. The largest absolute Gasteiger partial charge is 0.466 e. The molecule has 0 saturated carbocycles. The number of rotatable bonds is 7. The Morgan fingerprint density at radius 2 is 1.73 bits per heavy atom. The summed E-state index contributed by atoms with van der Waals surface area (Å²) in [4.78, 5) is 50.1. The van der Waals surface area contributed by atoms with Crippen molar-refractivity contribution < 1.29 is 23.9 Å². The van der Waals surface area contributed by atoms with Gasteiger partial charge in [-0.15, -0.1) is 0 Å². The van der Waals surface area contributed by atoms with E-state index in [1.54, 1.807) is 18.9 Å². The average molecular weight is 417 g/mol. The van der Waals surface area contributed by atoms with Gasteiger partial charge in [0.1, 0.15) is 0 Å². The van der Waals surface area contributed by atoms with Crippen LogP contribution in [0.15, 0.2) is 29.1 Å². The molecule has 0 atom stereocenters. The van der Waals surface area contributed by atoms with Crippen LogP contribution in [-0.2, 0) is 37.4 Å². The standard InChI is InChI=1S/C21H27N3O6/c1-3-29-20(27)15-8-11-23(12-9-15)18(25)14-30-19(26)10-13-24-17-7-5-4-6-16(17)22(2)21(24)28/h4-7,15H,3,8-14H2,1-2H3. The number of hydrogen-bond acceptors (Lipinski definition) is 6. The number of carbonyl (C=O) groups excluding carboxylic acids is 3. The lowest BCUT2D eigenvalue weighted by atomic mass is 9.97. The monoisotopic (exact) mass is 417 g/mol. The van der Waals surface area contributed by atoms with Gasteiger partial charge in [-0.3, -0.25) is 23.5 Å². The Morgan fingerprint density at radius 1 is 1.07 bits per heavy atom. The smallest absolute Gasteiger partial charge is 0.328 e. The van der Waals surface area contributed by atoms with Crippen LogP contribution >= 0.6 is 0 Å². The number of imidazole rings is 1. The number of fused-ring (bicyclic) bond motifs is 1. The molecular weight excluding hydrogens is 390 g/mol. The fourth-order valence-corrected chi connectivity index (χ4v) is 3.71. The van der Waals surface area contributed by atoms with E-state index in [1.807, 2.05) is 24.3 Å². The molecule has 0 radical (unpaired) electrons. The third-order valence-corrected chi connectivity index (χ3v) is 5.42. The zero-order valence-corrected chi connectivity index (χ0v) is 17.3. The molecule has 30 heavy (non-hydrogen) atoms. The van der Waals surface area contributed by atoms with E-state index in [0.717, 1.165) is 11.0 Å². The van der Waals surface area contributed by atoms with Crippen molar-refractivity contribution in [1.29, 1.82) is 0 Å². The fraction of sp³-hybridized carbons (Fsp3) is 0.524. The van der Waals surface area contributed by atoms with Crippen molar-refractivity contribution in [2.45, 2.75) is 32.7 Å². The lowest BCUT2D eigenvalue weighted by Crippen LogP contribution is -2.42. The van der Waals surface area contributed by atoms with Gasteiger partial charge in [0, 0.05) is 26.7 Å². The van der Waals surface area contributed by atoms with Crippen LogP contribution in [0.2, 0.25) is 0 Å². The molecule has 1 amide bonds. The van der Waals surface area contributed by atoms with Crippen LogP contribution in [0, 0.1) is 5.92 Å². The maximum atomic E-state index is 12.4. The van der Waals surface area contributed by atoms with Gasteiger partial charge >= 0.3 is 17.6 Å². The minimum absolute atomic E-state index is 0.00781. The molecule has 0 aliphatic carbocycles. The number of amides is 1. The lowest BCUT2D eigenvalue weighted by molar-refractivity contribution is -0.154. The summed E-state index contributed by atoms with van der Waals surface area (Å²) < 4.78 is 13.2. The van der Waals surface area contributed by atoms with Gasteiger partial charge in [0.15, 0.2) is 6.61 Å². The van der Waals surface area contributed by atoms with Gasteiger partial charge in [-0.2, -0.15) is 0 Å². The number of para-hydroxylation sites is 2. The molecule has 1 aromatic heterocycles. The third-order valence-electron chi connectivity index (χ3n) is 5.42. The molecule has 1 aromatic carbocycles. The Balaban J connectivity index is 1.46. The number of hydrogen-bond donors (Lipinski definition) is 0. The van der Waals surface area contributed by atoms with Gasteiger partial charge in [-0.05, 0) is 31.9 Å².